The van der Waals surface area contributed by atoms with Gasteiger partial charge in [0.25, 0.3) is 0 Å². The molecule has 36 heavy (non-hydrogen) atoms. The fourth-order valence-electron chi connectivity index (χ4n) is 4.23. The molecule has 0 unspecified atom stereocenters. The van der Waals surface area contributed by atoms with Crippen LogP contribution >= 0.6 is 0 Å². The van der Waals surface area contributed by atoms with Crippen LogP contribution in [0.4, 0.5) is 5.82 Å². The van der Waals surface area contributed by atoms with E-state index in [0.29, 0.717) is 37.2 Å². The van der Waals surface area contributed by atoms with E-state index in [1.54, 1.807) is 32.7 Å². The quantitative estimate of drug-likeness (QED) is 0.398. The molecule has 0 radical (unpaired) electrons. The predicted octanol–water partition coefficient (Wildman–Crippen LogP) is 1.96. The van der Waals surface area contributed by atoms with Crippen molar-refractivity contribution in [3.8, 4) is 23.0 Å². The van der Waals surface area contributed by atoms with Gasteiger partial charge in [0.05, 0.1) is 39.6 Å². The number of rotatable bonds is 8. The van der Waals surface area contributed by atoms with Gasteiger partial charge in [-0.2, -0.15) is 9.97 Å². The number of ether oxygens (including phenoxy) is 2. The van der Waals surface area contributed by atoms with E-state index >= 15 is 0 Å². The molecular weight excluding hydrogens is 460 g/mol. The predicted molar refractivity (Wildman–Crippen MR) is 134 cm³/mol. The molecular formula is C25H28N8O3. The van der Waals surface area contributed by atoms with E-state index in [0.717, 1.165) is 35.8 Å². The fraction of sp³-hybridized carbons (Fsp3) is 0.320. The zero-order chi connectivity index (χ0) is 24.9. The minimum absolute atomic E-state index is 0.0389. The molecule has 0 atom stereocenters. The average molecular weight is 489 g/mol. The third-order valence-corrected chi connectivity index (χ3v) is 6.12. The Morgan fingerprint density at radius 1 is 1.00 bits per heavy atom. The van der Waals surface area contributed by atoms with Gasteiger partial charge in [-0.15, -0.1) is 0 Å². The Morgan fingerprint density at radius 2 is 1.72 bits per heavy atom. The number of hydrogen-bond acceptors (Lipinski definition) is 9. The summed E-state index contributed by atoms with van der Waals surface area (Å²) in [5, 5.41) is 3.33. The maximum absolute atomic E-state index is 13.1. The van der Waals surface area contributed by atoms with Gasteiger partial charge in [-0.05, 0) is 0 Å². The number of nitrogens with zero attached hydrogens (tertiary/aromatic N) is 7. The summed E-state index contributed by atoms with van der Waals surface area (Å²) in [6.45, 7) is 3.45. The van der Waals surface area contributed by atoms with E-state index in [1.165, 1.54) is 0 Å². The molecule has 1 aliphatic rings. The van der Waals surface area contributed by atoms with Gasteiger partial charge in [-0.3, -0.25) is 19.1 Å². The van der Waals surface area contributed by atoms with E-state index in [1.807, 2.05) is 45.8 Å². The Balaban J connectivity index is 1.21. The fourth-order valence-corrected chi connectivity index (χ4v) is 4.23. The molecule has 1 aromatic carbocycles. The average Bonchev–Trinajstić information content (AvgIpc) is 3.31. The number of amides is 1. The Labute approximate surface area is 208 Å². The molecule has 1 N–H and O–H groups in total. The third-order valence-electron chi connectivity index (χ3n) is 6.12. The summed E-state index contributed by atoms with van der Waals surface area (Å²) < 4.78 is 12.4. The first-order valence-corrected chi connectivity index (χ1v) is 11.7. The summed E-state index contributed by atoms with van der Waals surface area (Å²) in [6.07, 6.45) is 5.26. The minimum atomic E-state index is 0.0389. The van der Waals surface area contributed by atoms with Crippen molar-refractivity contribution in [2.24, 2.45) is 0 Å². The Kier molecular flexibility index (Phi) is 6.89. The smallest absolute Gasteiger partial charge is 0.242 e. The molecule has 0 bridgehead atoms. The first-order chi connectivity index (χ1) is 17.6. The molecule has 0 aliphatic carbocycles. The molecule has 186 valence electrons. The van der Waals surface area contributed by atoms with Gasteiger partial charge in [0.2, 0.25) is 17.7 Å². The number of fused-ring (bicyclic) bond motifs is 1. The number of benzene rings is 1. The molecule has 1 amide bonds. The first kappa shape index (κ1) is 23.5. The first-order valence-electron chi connectivity index (χ1n) is 11.7. The number of hydrogen-bond donors (Lipinski definition) is 1. The molecule has 1 saturated heterocycles. The standard InChI is InChI=1S/C25H28N8O3/c1-35-21-14-22(36-2)29-19(28-21)17-31-10-12-32(13-11-31)23(34)16-27-25-24(18-6-4-3-5-7-18)30-20-15-26-8-9-33(20)25/h3-9,14-15,27H,10-13,16-17H2,1-2H3. The number of imidazole rings is 1. The number of methoxy groups -OCH3 is 2. The van der Waals surface area contributed by atoms with Crippen LogP contribution in [-0.4, -0.2) is 87.0 Å². The number of carbonyl (C=O) groups excluding carboxylic acids is 1. The highest BCUT2D eigenvalue weighted by atomic mass is 16.5. The number of carbonyl (C=O) groups is 1. The SMILES string of the molecule is COc1cc(OC)nc(CN2CCN(C(=O)CNc3c(-c4ccccc4)nc4cnccn34)CC2)n1. The maximum atomic E-state index is 13.1. The van der Waals surface area contributed by atoms with Gasteiger partial charge in [-0.1, -0.05) is 30.3 Å². The van der Waals surface area contributed by atoms with Crippen molar-refractivity contribution in [2.75, 3.05) is 52.3 Å². The zero-order valence-electron chi connectivity index (χ0n) is 20.3. The van der Waals surface area contributed by atoms with Gasteiger partial charge in [0, 0.05) is 44.1 Å². The second kappa shape index (κ2) is 10.6. The van der Waals surface area contributed by atoms with E-state index in [9.17, 15) is 4.79 Å². The van der Waals surface area contributed by atoms with Crippen molar-refractivity contribution in [2.45, 2.75) is 6.54 Å². The Bertz CT molecular complexity index is 1310. The Morgan fingerprint density at radius 3 is 2.42 bits per heavy atom. The third kappa shape index (κ3) is 5.05. The molecule has 1 fully saturated rings. The number of aromatic nitrogens is 5. The second-order valence-corrected chi connectivity index (χ2v) is 8.36. The lowest BCUT2D eigenvalue weighted by Crippen LogP contribution is -2.49. The largest absolute Gasteiger partial charge is 0.481 e. The highest BCUT2D eigenvalue weighted by Crippen LogP contribution is 2.28. The van der Waals surface area contributed by atoms with Crippen molar-refractivity contribution >= 4 is 17.4 Å². The van der Waals surface area contributed by atoms with Crippen LogP contribution in [0.1, 0.15) is 5.82 Å². The number of anilines is 1. The van der Waals surface area contributed by atoms with Crippen molar-refractivity contribution in [3.05, 3.63) is 60.8 Å². The molecule has 11 heteroatoms. The topological polar surface area (TPSA) is 110 Å². The van der Waals surface area contributed by atoms with Crippen LogP contribution < -0.4 is 14.8 Å². The van der Waals surface area contributed by atoms with Crippen molar-refractivity contribution < 1.29 is 14.3 Å². The molecule has 0 spiro atoms. The van der Waals surface area contributed by atoms with Gasteiger partial charge in [-0.25, -0.2) is 4.98 Å². The van der Waals surface area contributed by atoms with E-state index < -0.39 is 0 Å². The second-order valence-electron chi connectivity index (χ2n) is 8.36. The molecule has 0 saturated carbocycles. The highest BCUT2D eigenvalue weighted by Gasteiger charge is 2.23. The van der Waals surface area contributed by atoms with Gasteiger partial charge >= 0.3 is 0 Å². The van der Waals surface area contributed by atoms with Crippen LogP contribution in [0, 0.1) is 0 Å². The lowest BCUT2D eigenvalue weighted by molar-refractivity contribution is -0.131. The monoisotopic (exact) mass is 488 g/mol. The van der Waals surface area contributed by atoms with Crippen molar-refractivity contribution in [1.29, 1.82) is 0 Å². The summed E-state index contributed by atoms with van der Waals surface area (Å²) in [5.74, 6) is 2.37. The molecule has 11 nitrogen and oxygen atoms in total. The van der Waals surface area contributed by atoms with Gasteiger partial charge in [0.1, 0.15) is 17.3 Å². The van der Waals surface area contributed by atoms with Crippen LogP contribution in [-0.2, 0) is 11.3 Å². The maximum Gasteiger partial charge on any atom is 0.242 e. The van der Waals surface area contributed by atoms with Crippen molar-refractivity contribution in [1.82, 2.24) is 34.1 Å². The molecule has 4 heterocycles. The van der Waals surface area contributed by atoms with E-state index in [4.69, 9.17) is 14.5 Å². The number of nitrogens with one attached hydrogen (secondary N) is 1. The Hall–Kier alpha value is -4.25. The van der Waals surface area contributed by atoms with Gasteiger partial charge in [0.15, 0.2) is 5.65 Å². The normalized spacial score (nSPS) is 14.1. The van der Waals surface area contributed by atoms with Crippen LogP contribution in [0.25, 0.3) is 16.9 Å². The molecule has 3 aromatic heterocycles. The molecule has 5 rings (SSSR count). The zero-order valence-corrected chi connectivity index (χ0v) is 20.3. The summed E-state index contributed by atoms with van der Waals surface area (Å²) >= 11 is 0. The lowest BCUT2D eigenvalue weighted by atomic mass is 10.1. The van der Waals surface area contributed by atoms with Crippen molar-refractivity contribution in [3.63, 3.8) is 0 Å². The minimum Gasteiger partial charge on any atom is -0.481 e. The van der Waals surface area contributed by atoms with E-state index in [-0.39, 0.29) is 12.5 Å². The van der Waals surface area contributed by atoms with Crippen LogP contribution in [0.2, 0.25) is 0 Å². The molecule has 1 aliphatic heterocycles. The van der Waals surface area contributed by atoms with Crippen LogP contribution in [0.3, 0.4) is 0 Å². The summed E-state index contributed by atoms with van der Waals surface area (Å²) in [4.78, 5) is 34.9. The summed E-state index contributed by atoms with van der Waals surface area (Å²) in [7, 11) is 3.13. The number of piperazine rings is 1. The van der Waals surface area contributed by atoms with E-state index in [2.05, 4.69) is 25.2 Å². The summed E-state index contributed by atoms with van der Waals surface area (Å²) in [5.41, 5.74) is 2.48. The highest BCUT2D eigenvalue weighted by molar-refractivity contribution is 5.83. The summed E-state index contributed by atoms with van der Waals surface area (Å²) in [6, 6.07) is 11.6. The molecule has 4 aromatic rings. The van der Waals surface area contributed by atoms with Crippen LogP contribution in [0.5, 0.6) is 11.8 Å². The van der Waals surface area contributed by atoms with Crippen LogP contribution in [0.15, 0.2) is 55.0 Å². The lowest BCUT2D eigenvalue weighted by Gasteiger charge is -2.34. The van der Waals surface area contributed by atoms with Gasteiger partial charge < -0.3 is 19.7 Å².